The van der Waals surface area contributed by atoms with Gasteiger partial charge in [-0.15, -0.1) is 0 Å². The second-order valence-corrected chi connectivity index (χ2v) is 6.54. The average Bonchev–Trinajstić information content (AvgIpc) is 2.20. The smallest absolute Gasteiger partial charge is 0.0746 e. The summed E-state index contributed by atoms with van der Waals surface area (Å²) in [5.41, 5.74) is 0.0773. The van der Waals surface area contributed by atoms with Gasteiger partial charge in [0.1, 0.15) is 0 Å². The maximum absolute atomic E-state index is 10.5. The van der Waals surface area contributed by atoms with Crippen molar-refractivity contribution in [3.05, 3.63) is 0 Å². The van der Waals surface area contributed by atoms with Gasteiger partial charge in [0.25, 0.3) is 0 Å². The van der Waals surface area contributed by atoms with Crippen molar-refractivity contribution in [3.63, 3.8) is 0 Å². The summed E-state index contributed by atoms with van der Waals surface area (Å²) < 4.78 is 0. The van der Waals surface area contributed by atoms with Crippen LogP contribution in [-0.4, -0.2) is 35.2 Å². The Labute approximate surface area is 101 Å². The molecule has 1 rings (SSSR count). The highest BCUT2D eigenvalue weighted by Crippen LogP contribution is 2.38. The minimum absolute atomic E-state index is 0.0773. The highest BCUT2D eigenvalue weighted by atomic mass is 16.3. The summed E-state index contributed by atoms with van der Waals surface area (Å²) in [5, 5.41) is 10.5. The van der Waals surface area contributed by atoms with Crippen molar-refractivity contribution in [1.82, 2.24) is 4.90 Å². The van der Waals surface area contributed by atoms with Gasteiger partial charge in [-0.05, 0) is 38.1 Å². The van der Waals surface area contributed by atoms with E-state index in [1.54, 1.807) is 0 Å². The molecule has 0 aromatic heterocycles. The minimum atomic E-state index is -0.188. The SMILES string of the molecule is CC(C)C(C)N(C)C1CCCC(C)(C)C1O. The molecule has 0 heterocycles. The second kappa shape index (κ2) is 5.05. The summed E-state index contributed by atoms with van der Waals surface area (Å²) in [6.45, 7) is 11.2. The van der Waals surface area contributed by atoms with Gasteiger partial charge in [0, 0.05) is 12.1 Å². The van der Waals surface area contributed by atoms with Gasteiger partial charge in [0.15, 0.2) is 0 Å². The predicted octanol–water partition coefficient (Wildman–Crippen LogP) is 2.90. The maximum Gasteiger partial charge on any atom is 0.0746 e. The van der Waals surface area contributed by atoms with Gasteiger partial charge in [-0.25, -0.2) is 0 Å². The van der Waals surface area contributed by atoms with Gasteiger partial charge in [-0.1, -0.05) is 34.1 Å². The van der Waals surface area contributed by atoms with Crippen LogP contribution in [0.15, 0.2) is 0 Å². The first-order valence-corrected chi connectivity index (χ1v) is 6.67. The minimum Gasteiger partial charge on any atom is -0.391 e. The third-order valence-corrected chi connectivity index (χ3v) is 4.62. The zero-order valence-corrected chi connectivity index (χ0v) is 11.8. The number of likely N-dealkylation sites (N-methyl/N-ethyl adjacent to an activating group) is 1. The Balaban J connectivity index is 2.72. The molecular formula is C14H29NO. The van der Waals surface area contributed by atoms with Crippen LogP contribution in [0.3, 0.4) is 0 Å². The lowest BCUT2D eigenvalue weighted by molar-refractivity contribution is -0.0635. The van der Waals surface area contributed by atoms with E-state index in [9.17, 15) is 5.11 Å². The molecule has 2 nitrogen and oxygen atoms in total. The first kappa shape index (κ1) is 14.0. The third kappa shape index (κ3) is 2.78. The van der Waals surface area contributed by atoms with Gasteiger partial charge < -0.3 is 5.11 Å². The van der Waals surface area contributed by atoms with Crippen LogP contribution in [0, 0.1) is 11.3 Å². The predicted molar refractivity (Wildman–Crippen MR) is 69.5 cm³/mol. The first-order valence-electron chi connectivity index (χ1n) is 6.67. The van der Waals surface area contributed by atoms with E-state index < -0.39 is 0 Å². The first-order chi connectivity index (χ1) is 7.27. The van der Waals surface area contributed by atoms with Crippen LogP contribution in [0.4, 0.5) is 0 Å². The number of nitrogens with zero attached hydrogens (tertiary/aromatic N) is 1. The van der Waals surface area contributed by atoms with E-state index in [1.807, 2.05) is 0 Å². The third-order valence-electron chi connectivity index (χ3n) is 4.62. The van der Waals surface area contributed by atoms with Gasteiger partial charge in [0.05, 0.1) is 6.10 Å². The Bertz CT molecular complexity index is 225. The lowest BCUT2D eigenvalue weighted by Crippen LogP contribution is -2.54. The molecular weight excluding hydrogens is 198 g/mol. The summed E-state index contributed by atoms with van der Waals surface area (Å²) in [6.07, 6.45) is 3.34. The van der Waals surface area contributed by atoms with Crippen LogP contribution in [-0.2, 0) is 0 Å². The molecule has 0 amide bonds. The van der Waals surface area contributed by atoms with Crippen molar-refractivity contribution in [2.45, 2.75) is 72.1 Å². The maximum atomic E-state index is 10.5. The fourth-order valence-electron chi connectivity index (χ4n) is 2.79. The number of rotatable bonds is 3. The van der Waals surface area contributed by atoms with Crippen molar-refractivity contribution in [3.8, 4) is 0 Å². The molecule has 16 heavy (non-hydrogen) atoms. The standard InChI is InChI=1S/C14H29NO/c1-10(2)11(3)15(6)12-8-7-9-14(4,5)13(12)16/h10-13,16H,7-9H2,1-6H3. The van der Waals surface area contributed by atoms with Crippen LogP contribution < -0.4 is 0 Å². The molecule has 1 N–H and O–H groups in total. The molecule has 0 spiro atoms. The van der Waals surface area contributed by atoms with Crippen LogP contribution in [0.2, 0.25) is 0 Å². The number of aliphatic hydroxyl groups excluding tert-OH is 1. The summed E-state index contributed by atoms with van der Waals surface area (Å²) in [6, 6.07) is 0.870. The Morgan fingerprint density at radius 2 is 1.81 bits per heavy atom. The van der Waals surface area contributed by atoms with Crippen molar-refractivity contribution >= 4 is 0 Å². The Hall–Kier alpha value is -0.0800. The quantitative estimate of drug-likeness (QED) is 0.801. The topological polar surface area (TPSA) is 23.5 Å². The molecule has 1 aliphatic carbocycles. The molecule has 0 aliphatic heterocycles. The van der Waals surface area contributed by atoms with E-state index >= 15 is 0 Å². The van der Waals surface area contributed by atoms with Crippen LogP contribution in [0.25, 0.3) is 0 Å². The molecule has 3 unspecified atom stereocenters. The second-order valence-electron chi connectivity index (χ2n) is 6.54. The average molecular weight is 227 g/mol. The highest BCUT2D eigenvalue weighted by molar-refractivity contribution is 4.93. The molecule has 0 bridgehead atoms. The molecule has 96 valence electrons. The van der Waals surface area contributed by atoms with Crippen LogP contribution in [0.1, 0.15) is 53.9 Å². The number of aliphatic hydroxyl groups is 1. The molecule has 0 saturated heterocycles. The van der Waals surface area contributed by atoms with Crippen LogP contribution >= 0.6 is 0 Å². The molecule has 1 fully saturated rings. The van der Waals surface area contributed by atoms with Crippen molar-refractivity contribution in [2.24, 2.45) is 11.3 Å². The zero-order valence-electron chi connectivity index (χ0n) is 11.8. The lowest BCUT2D eigenvalue weighted by Gasteiger charge is -2.47. The molecule has 0 aromatic rings. The fraction of sp³-hybridized carbons (Fsp3) is 1.00. The Morgan fingerprint density at radius 1 is 1.25 bits per heavy atom. The normalized spacial score (nSPS) is 32.1. The van der Waals surface area contributed by atoms with Crippen molar-refractivity contribution < 1.29 is 5.11 Å². The van der Waals surface area contributed by atoms with E-state index in [0.29, 0.717) is 18.0 Å². The van der Waals surface area contributed by atoms with Gasteiger partial charge in [-0.2, -0.15) is 0 Å². The summed E-state index contributed by atoms with van der Waals surface area (Å²) in [4.78, 5) is 2.39. The van der Waals surface area contributed by atoms with E-state index in [2.05, 4.69) is 46.6 Å². The van der Waals surface area contributed by atoms with Crippen molar-refractivity contribution in [2.75, 3.05) is 7.05 Å². The lowest BCUT2D eigenvalue weighted by atomic mass is 9.72. The van der Waals surface area contributed by atoms with E-state index in [0.717, 1.165) is 12.8 Å². The van der Waals surface area contributed by atoms with Crippen molar-refractivity contribution in [1.29, 1.82) is 0 Å². The van der Waals surface area contributed by atoms with Gasteiger partial charge >= 0.3 is 0 Å². The molecule has 2 heteroatoms. The van der Waals surface area contributed by atoms with Gasteiger partial charge in [-0.3, -0.25) is 4.90 Å². The van der Waals surface area contributed by atoms with E-state index in [4.69, 9.17) is 0 Å². The Kier molecular flexibility index (Phi) is 4.42. The van der Waals surface area contributed by atoms with E-state index in [-0.39, 0.29) is 11.5 Å². The van der Waals surface area contributed by atoms with Crippen LogP contribution in [0.5, 0.6) is 0 Å². The summed E-state index contributed by atoms with van der Waals surface area (Å²) in [7, 11) is 2.17. The van der Waals surface area contributed by atoms with E-state index in [1.165, 1.54) is 6.42 Å². The molecule has 1 aliphatic rings. The number of hydrogen-bond donors (Lipinski definition) is 1. The molecule has 1 saturated carbocycles. The summed E-state index contributed by atoms with van der Waals surface area (Å²) >= 11 is 0. The molecule has 0 aromatic carbocycles. The largest absolute Gasteiger partial charge is 0.391 e. The van der Waals surface area contributed by atoms with Gasteiger partial charge in [0.2, 0.25) is 0 Å². The molecule has 0 radical (unpaired) electrons. The highest BCUT2D eigenvalue weighted by Gasteiger charge is 2.40. The monoisotopic (exact) mass is 227 g/mol. The Morgan fingerprint density at radius 3 is 2.31 bits per heavy atom. The fourth-order valence-corrected chi connectivity index (χ4v) is 2.79. The summed E-state index contributed by atoms with van der Waals surface area (Å²) in [5.74, 6) is 0.641. The number of hydrogen-bond acceptors (Lipinski definition) is 2. The molecule has 3 atom stereocenters. The zero-order chi connectivity index (χ0) is 12.5.